The van der Waals surface area contributed by atoms with E-state index in [0.717, 1.165) is 49.8 Å². The molecule has 0 unspecified atom stereocenters. The molecule has 0 aliphatic rings. The van der Waals surface area contributed by atoms with E-state index in [1.54, 1.807) is 14.2 Å². The van der Waals surface area contributed by atoms with Crippen LogP contribution in [0.2, 0.25) is 0 Å². The number of para-hydroxylation sites is 1. The van der Waals surface area contributed by atoms with E-state index >= 15 is 0 Å². The number of nitrogens with one attached hydrogen (secondary N) is 2. The Morgan fingerprint density at radius 3 is 2.38 bits per heavy atom. The van der Waals surface area contributed by atoms with Crippen molar-refractivity contribution >= 4 is 5.96 Å². The number of rotatable bonds is 12. The molecule has 6 nitrogen and oxygen atoms in total. The van der Waals surface area contributed by atoms with Crippen LogP contribution in [-0.4, -0.2) is 59.6 Å². The molecule has 0 aromatic heterocycles. The van der Waals surface area contributed by atoms with E-state index < -0.39 is 0 Å². The van der Waals surface area contributed by atoms with Gasteiger partial charge in [0.1, 0.15) is 5.75 Å². The van der Waals surface area contributed by atoms with Crippen molar-refractivity contribution in [2.24, 2.45) is 4.99 Å². The van der Waals surface area contributed by atoms with Crippen LogP contribution in [0.1, 0.15) is 18.4 Å². The smallest absolute Gasteiger partial charge is 0.190 e. The van der Waals surface area contributed by atoms with E-state index in [-0.39, 0.29) is 0 Å². The predicted molar refractivity (Wildman–Crippen MR) is 98.0 cm³/mol. The van der Waals surface area contributed by atoms with Crippen molar-refractivity contribution < 1.29 is 14.2 Å². The molecule has 6 heteroatoms. The first-order valence-electron chi connectivity index (χ1n) is 8.47. The largest absolute Gasteiger partial charge is 0.493 e. The fourth-order valence-corrected chi connectivity index (χ4v) is 2.03. The van der Waals surface area contributed by atoms with Crippen LogP contribution in [-0.2, 0) is 9.47 Å². The molecule has 0 amide bonds. The molecule has 24 heavy (non-hydrogen) atoms. The lowest BCUT2D eigenvalue weighted by Crippen LogP contribution is -2.38. The summed E-state index contributed by atoms with van der Waals surface area (Å²) >= 11 is 0. The van der Waals surface area contributed by atoms with Crippen molar-refractivity contribution in [2.45, 2.75) is 19.8 Å². The van der Waals surface area contributed by atoms with Gasteiger partial charge in [-0.2, -0.15) is 0 Å². The number of nitrogens with zero attached hydrogens (tertiary/aromatic N) is 1. The third-order valence-corrected chi connectivity index (χ3v) is 3.38. The van der Waals surface area contributed by atoms with Crippen LogP contribution < -0.4 is 15.4 Å². The molecule has 0 atom stereocenters. The van der Waals surface area contributed by atoms with Crippen LogP contribution >= 0.6 is 0 Å². The van der Waals surface area contributed by atoms with E-state index in [9.17, 15) is 0 Å². The minimum atomic E-state index is 0.640. The summed E-state index contributed by atoms with van der Waals surface area (Å²) in [5.74, 6) is 1.76. The summed E-state index contributed by atoms with van der Waals surface area (Å²) in [6.45, 7) is 6.38. The number of hydrogen-bond acceptors (Lipinski definition) is 4. The maximum Gasteiger partial charge on any atom is 0.190 e. The minimum absolute atomic E-state index is 0.640. The molecule has 0 saturated carbocycles. The van der Waals surface area contributed by atoms with Crippen molar-refractivity contribution in [3.8, 4) is 5.75 Å². The van der Waals surface area contributed by atoms with Gasteiger partial charge >= 0.3 is 0 Å². The summed E-state index contributed by atoms with van der Waals surface area (Å²) in [4.78, 5) is 4.20. The Morgan fingerprint density at radius 2 is 1.71 bits per heavy atom. The molecule has 1 aromatic rings. The van der Waals surface area contributed by atoms with Gasteiger partial charge in [0, 0.05) is 33.9 Å². The Labute approximate surface area is 145 Å². The molecule has 0 aliphatic heterocycles. The van der Waals surface area contributed by atoms with Crippen LogP contribution in [0.4, 0.5) is 0 Å². The van der Waals surface area contributed by atoms with Gasteiger partial charge < -0.3 is 24.8 Å². The second-order valence-electron chi connectivity index (χ2n) is 5.35. The quantitative estimate of drug-likeness (QED) is 0.347. The number of methoxy groups -OCH3 is 1. The normalized spacial score (nSPS) is 11.4. The van der Waals surface area contributed by atoms with Gasteiger partial charge in [-0.15, -0.1) is 0 Å². The summed E-state index contributed by atoms with van der Waals surface area (Å²) in [6.07, 6.45) is 1.84. The maximum absolute atomic E-state index is 5.77. The first-order valence-corrected chi connectivity index (χ1v) is 8.47. The summed E-state index contributed by atoms with van der Waals surface area (Å²) in [5, 5.41) is 6.54. The summed E-state index contributed by atoms with van der Waals surface area (Å²) in [6, 6.07) is 8.06. The van der Waals surface area contributed by atoms with Crippen LogP contribution in [0.5, 0.6) is 5.75 Å². The molecule has 0 aliphatic carbocycles. The highest BCUT2D eigenvalue weighted by Crippen LogP contribution is 2.15. The maximum atomic E-state index is 5.77. The summed E-state index contributed by atoms with van der Waals surface area (Å²) in [7, 11) is 3.45. The van der Waals surface area contributed by atoms with Gasteiger partial charge in [0.25, 0.3) is 0 Å². The number of guanidine groups is 1. The highest BCUT2D eigenvalue weighted by molar-refractivity contribution is 5.79. The van der Waals surface area contributed by atoms with Gasteiger partial charge in [-0.05, 0) is 31.4 Å². The van der Waals surface area contributed by atoms with E-state index in [4.69, 9.17) is 14.2 Å². The number of ether oxygens (including phenoxy) is 3. The van der Waals surface area contributed by atoms with E-state index in [1.165, 1.54) is 0 Å². The zero-order valence-electron chi connectivity index (χ0n) is 15.1. The van der Waals surface area contributed by atoms with Crippen LogP contribution in [0.3, 0.4) is 0 Å². The van der Waals surface area contributed by atoms with Gasteiger partial charge in [-0.1, -0.05) is 18.2 Å². The second-order valence-corrected chi connectivity index (χ2v) is 5.35. The van der Waals surface area contributed by atoms with Crippen molar-refractivity contribution in [3.05, 3.63) is 29.8 Å². The van der Waals surface area contributed by atoms with E-state index in [1.807, 2.05) is 18.2 Å². The predicted octanol–water partition coefficient (Wildman–Crippen LogP) is 1.98. The Hall–Kier alpha value is -1.79. The molecule has 0 saturated heterocycles. The molecular formula is C18H31N3O3. The minimum Gasteiger partial charge on any atom is -0.493 e. The highest BCUT2D eigenvalue weighted by Gasteiger charge is 1.99. The topological polar surface area (TPSA) is 64.1 Å². The Balaban J connectivity index is 2.03. The number of aliphatic imine (C=N–C) groups is 1. The fourth-order valence-electron chi connectivity index (χ4n) is 2.03. The average Bonchev–Trinajstić information content (AvgIpc) is 2.60. The molecule has 0 bridgehead atoms. The van der Waals surface area contributed by atoms with Crippen molar-refractivity contribution in [3.63, 3.8) is 0 Å². The zero-order valence-corrected chi connectivity index (χ0v) is 15.1. The van der Waals surface area contributed by atoms with Gasteiger partial charge in [-0.25, -0.2) is 0 Å². The van der Waals surface area contributed by atoms with Crippen molar-refractivity contribution in [2.75, 3.05) is 53.7 Å². The lowest BCUT2D eigenvalue weighted by Gasteiger charge is -2.13. The molecular weight excluding hydrogens is 306 g/mol. The summed E-state index contributed by atoms with van der Waals surface area (Å²) in [5.41, 5.74) is 1.16. The van der Waals surface area contributed by atoms with Crippen LogP contribution in [0.25, 0.3) is 0 Å². The van der Waals surface area contributed by atoms with Crippen LogP contribution in [0.15, 0.2) is 29.3 Å². The number of hydrogen-bond donors (Lipinski definition) is 2. The second kappa shape index (κ2) is 13.6. The molecule has 0 radical (unpaired) electrons. The van der Waals surface area contributed by atoms with Crippen LogP contribution in [0, 0.1) is 6.92 Å². The lowest BCUT2D eigenvalue weighted by atomic mass is 10.2. The first-order chi connectivity index (χ1) is 11.8. The Morgan fingerprint density at radius 1 is 1.00 bits per heavy atom. The zero-order chi connectivity index (χ0) is 17.5. The molecule has 0 spiro atoms. The Kier molecular flexibility index (Phi) is 11.5. The Bertz CT molecular complexity index is 467. The highest BCUT2D eigenvalue weighted by atomic mass is 16.5. The third-order valence-electron chi connectivity index (χ3n) is 3.38. The third kappa shape index (κ3) is 9.37. The van der Waals surface area contributed by atoms with E-state index in [2.05, 4.69) is 28.6 Å². The summed E-state index contributed by atoms with van der Waals surface area (Å²) < 4.78 is 16.1. The lowest BCUT2D eigenvalue weighted by molar-refractivity contribution is 0.0698. The standard InChI is InChI=1S/C18H31N3O3/c1-16-8-4-5-9-17(16)24-13-7-11-21-18(19-2)20-10-6-12-23-15-14-22-3/h4-5,8-9H,6-7,10-15H2,1-3H3,(H2,19,20,21). The van der Waals surface area contributed by atoms with Crippen molar-refractivity contribution in [1.29, 1.82) is 0 Å². The van der Waals surface area contributed by atoms with Gasteiger partial charge in [0.15, 0.2) is 5.96 Å². The van der Waals surface area contributed by atoms with Gasteiger partial charge in [0.2, 0.25) is 0 Å². The van der Waals surface area contributed by atoms with E-state index in [0.29, 0.717) is 19.8 Å². The molecule has 0 fully saturated rings. The van der Waals surface area contributed by atoms with Gasteiger partial charge in [-0.3, -0.25) is 4.99 Å². The average molecular weight is 337 g/mol. The molecule has 2 N–H and O–H groups in total. The van der Waals surface area contributed by atoms with Crippen molar-refractivity contribution in [1.82, 2.24) is 10.6 Å². The molecule has 136 valence electrons. The van der Waals surface area contributed by atoms with Gasteiger partial charge in [0.05, 0.1) is 19.8 Å². The first kappa shape index (κ1) is 20.3. The number of benzene rings is 1. The number of aryl methyl sites for hydroxylation is 1. The molecule has 1 rings (SSSR count). The fraction of sp³-hybridized carbons (Fsp3) is 0.611. The monoisotopic (exact) mass is 337 g/mol. The molecule has 1 aromatic carbocycles. The molecule has 0 heterocycles. The SMILES string of the molecule is CN=C(NCCCOCCOC)NCCCOc1ccccc1C.